The van der Waals surface area contributed by atoms with Crippen LogP contribution < -0.4 is 4.90 Å². The Bertz CT molecular complexity index is 613. The quantitative estimate of drug-likeness (QED) is 0.807. The molecular weight excluding hydrogens is 224 g/mol. The van der Waals surface area contributed by atoms with E-state index < -0.39 is 0 Å². The lowest BCUT2D eigenvalue weighted by molar-refractivity contribution is 0.997. The van der Waals surface area contributed by atoms with Gasteiger partial charge in [-0.25, -0.2) is 9.97 Å². The van der Waals surface area contributed by atoms with Gasteiger partial charge in [-0.1, -0.05) is 18.2 Å². The summed E-state index contributed by atoms with van der Waals surface area (Å²) in [6.45, 7) is 3.83. The number of rotatable bonds is 2. The topological polar surface area (TPSA) is 52.8 Å². The predicted molar refractivity (Wildman–Crippen MR) is 70.7 cm³/mol. The second kappa shape index (κ2) is 4.84. The van der Waals surface area contributed by atoms with Crippen LogP contribution in [0.1, 0.15) is 17.1 Å². The summed E-state index contributed by atoms with van der Waals surface area (Å²) in [5.41, 5.74) is 2.62. The van der Waals surface area contributed by atoms with Crippen LogP contribution in [0.15, 0.2) is 30.3 Å². The number of para-hydroxylation sites is 1. The first kappa shape index (κ1) is 12.1. The number of anilines is 2. The lowest BCUT2D eigenvalue weighted by Crippen LogP contribution is -2.13. The van der Waals surface area contributed by atoms with Crippen LogP contribution in [0.3, 0.4) is 0 Å². The number of benzene rings is 1. The van der Waals surface area contributed by atoms with Gasteiger partial charge in [-0.2, -0.15) is 5.26 Å². The zero-order valence-electron chi connectivity index (χ0n) is 10.7. The minimum atomic E-state index is 0.387. The Morgan fingerprint density at radius 1 is 1.17 bits per heavy atom. The van der Waals surface area contributed by atoms with Crippen molar-refractivity contribution in [3.05, 3.63) is 47.4 Å². The first-order valence-corrected chi connectivity index (χ1v) is 5.67. The standard InChI is InChI=1S/C14H14N4/c1-10-6-4-5-7-13(10)18(3)14-8-12(9-15)16-11(2)17-14/h4-8H,1-3H3. The van der Waals surface area contributed by atoms with Gasteiger partial charge in [-0.15, -0.1) is 0 Å². The predicted octanol–water partition coefficient (Wildman–Crippen LogP) is 2.73. The van der Waals surface area contributed by atoms with E-state index in [1.165, 1.54) is 0 Å². The Hall–Kier alpha value is -2.41. The van der Waals surface area contributed by atoms with Gasteiger partial charge in [0.2, 0.25) is 0 Å². The number of nitriles is 1. The minimum Gasteiger partial charge on any atom is -0.329 e. The maximum Gasteiger partial charge on any atom is 0.146 e. The van der Waals surface area contributed by atoms with E-state index in [0.717, 1.165) is 17.1 Å². The molecule has 0 amide bonds. The third kappa shape index (κ3) is 2.30. The molecule has 0 fully saturated rings. The summed E-state index contributed by atoms with van der Waals surface area (Å²) in [5.74, 6) is 1.33. The molecule has 0 saturated carbocycles. The van der Waals surface area contributed by atoms with Crippen molar-refractivity contribution in [3.63, 3.8) is 0 Å². The highest BCUT2D eigenvalue weighted by molar-refractivity contribution is 5.63. The van der Waals surface area contributed by atoms with Crippen molar-refractivity contribution in [2.75, 3.05) is 11.9 Å². The summed E-state index contributed by atoms with van der Waals surface area (Å²) in [6, 6.07) is 11.8. The Labute approximate surface area is 107 Å². The summed E-state index contributed by atoms with van der Waals surface area (Å²) < 4.78 is 0. The van der Waals surface area contributed by atoms with E-state index >= 15 is 0 Å². The Kier molecular flexibility index (Phi) is 3.24. The zero-order valence-corrected chi connectivity index (χ0v) is 10.7. The fourth-order valence-corrected chi connectivity index (χ4v) is 1.84. The van der Waals surface area contributed by atoms with Crippen molar-refractivity contribution in [1.29, 1.82) is 5.26 Å². The van der Waals surface area contributed by atoms with E-state index in [1.807, 2.05) is 43.1 Å². The molecule has 2 rings (SSSR count). The lowest BCUT2D eigenvalue weighted by atomic mass is 10.2. The molecular formula is C14H14N4. The largest absolute Gasteiger partial charge is 0.329 e. The molecule has 2 aromatic rings. The average molecular weight is 238 g/mol. The molecule has 0 aliphatic carbocycles. The third-order valence-corrected chi connectivity index (χ3v) is 2.76. The second-order valence-electron chi connectivity index (χ2n) is 4.12. The van der Waals surface area contributed by atoms with Gasteiger partial charge in [0, 0.05) is 18.8 Å². The van der Waals surface area contributed by atoms with Crippen molar-refractivity contribution in [2.24, 2.45) is 0 Å². The van der Waals surface area contributed by atoms with Crippen molar-refractivity contribution in [1.82, 2.24) is 9.97 Å². The van der Waals surface area contributed by atoms with E-state index in [0.29, 0.717) is 11.5 Å². The highest BCUT2D eigenvalue weighted by Gasteiger charge is 2.09. The smallest absolute Gasteiger partial charge is 0.146 e. The van der Waals surface area contributed by atoms with Crippen LogP contribution in [0, 0.1) is 25.2 Å². The molecule has 90 valence electrons. The summed E-state index contributed by atoms with van der Waals surface area (Å²) in [7, 11) is 1.94. The van der Waals surface area contributed by atoms with Gasteiger partial charge in [0.05, 0.1) is 0 Å². The molecule has 18 heavy (non-hydrogen) atoms. The summed E-state index contributed by atoms with van der Waals surface area (Å²) >= 11 is 0. The molecule has 0 atom stereocenters. The number of nitrogens with zero attached hydrogens (tertiary/aromatic N) is 4. The average Bonchev–Trinajstić information content (AvgIpc) is 2.37. The maximum atomic E-state index is 8.93. The SMILES string of the molecule is Cc1nc(C#N)cc(N(C)c2ccccc2C)n1. The second-order valence-corrected chi connectivity index (χ2v) is 4.12. The van der Waals surface area contributed by atoms with Crippen molar-refractivity contribution >= 4 is 11.5 Å². The number of hydrogen-bond acceptors (Lipinski definition) is 4. The molecule has 0 spiro atoms. The minimum absolute atomic E-state index is 0.387. The molecule has 4 nitrogen and oxygen atoms in total. The molecule has 0 N–H and O–H groups in total. The van der Waals surface area contributed by atoms with Crippen LogP contribution >= 0.6 is 0 Å². The van der Waals surface area contributed by atoms with E-state index in [4.69, 9.17) is 5.26 Å². The highest BCUT2D eigenvalue weighted by atomic mass is 15.2. The summed E-state index contributed by atoms with van der Waals surface area (Å²) in [4.78, 5) is 10.4. The van der Waals surface area contributed by atoms with Gasteiger partial charge < -0.3 is 4.90 Å². The molecule has 0 bridgehead atoms. The van der Waals surface area contributed by atoms with Crippen LogP contribution in [0.4, 0.5) is 11.5 Å². The van der Waals surface area contributed by atoms with Gasteiger partial charge in [0.25, 0.3) is 0 Å². The van der Waals surface area contributed by atoms with E-state index in [2.05, 4.69) is 16.0 Å². The number of aromatic nitrogens is 2. The maximum absolute atomic E-state index is 8.93. The molecule has 1 aromatic heterocycles. The third-order valence-electron chi connectivity index (χ3n) is 2.76. The van der Waals surface area contributed by atoms with Crippen molar-refractivity contribution in [2.45, 2.75) is 13.8 Å². The first-order valence-electron chi connectivity index (χ1n) is 5.67. The molecule has 1 heterocycles. The monoisotopic (exact) mass is 238 g/mol. The van der Waals surface area contributed by atoms with E-state index in [9.17, 15) is 0 Å². The zero-order chi connectivity index (χ0) is 13.1. The Morgan fingerprint density at radius 2 is 1.89 bits per heavy atom. The number of aryl methyl sites for hydroxylation is 2. The summed E-state index contributed by atoms with van der Waals surface area (Å²) in [5, 5.41) is 8.93. The molecule has 0 radical (unpaired) electrons. The van der Waals surface area contributed by atoms with Gasteiger partial charge in [-0.05, 0) is 25.5 Å². The van der Waals surface area contributed by atoms with Crippen LogP contribution in [0.25, 0.3) is 0 Å². The van der Waals surface area contributed by atoms with Gasteiger partial charge in [0.15, 0.2) is 0 Å². The Morgan fingerprint density at radius 3 is 2.56 bits per heavy atom. The van der Waals surface area contributed by atoms with Crippen LogP contribution in [0.2, 0.25) is 0 Å². The first-order chi connectivity index (χ1) is 8.61. The molecule has 1 aromatic carbocycles. The fraction of sp³-hybridized carbons (Fsp3) is 0.214. The molecule has 0 aliphatic rings. The molecule has 0 aliphatic heterocycles. The Balaban J connectivity index is 2.47. The van der Waals surface area contributed by atoms with E-state index in [1.54, 1.807) is 13.0 Å². The molecule has 4 heteroatoms. The van der Waals surface area contributed by atoms with E-state index in [-0.39, 0.29) is 0 Å². The normalized spacial score (nSPS) is 9.89. The van der Waals surface area contributed by atoms with Crippen LogP contribution in [-0.2, 0) is 0 Å². The van der Waals surface area contributed by atoms with Crippen molar-refractivity contribution in [3.8, 4) is 6.07 Å². The molecule has 0 unspecified atom stereocenters. The highest BCUT2D eigenvalue weighted by Crippen LogP contribution is 2.25. The fourth-order valence-electron chi connectivity index (χ4n) is 1.84. The lowest BCUT2D eigenvalue weighted by Gasteiger charge is -2.20. The molecule has 0 saturated heterocycles. The van der Waals surface area contributed by atoms with Crippen LogP contribution in [0.5, 0.6) is 0 Å². The summed E-state index contributed by atoms with van der Waals surface area (Å²) in [6.07, 6.45) is 0. The van der Waals surface area contributed by atoms with Crippen LogP contribution in [-0.4, -0.2) is 17.0 Å². The van der Waals surface area contributed by atoms with Crippen molar-refractivity contribution < 1.29 is 0 Å². The number of hydrogen-bond donors (Lipinski definition) is 0. The van der Waals surface area contributed by atoms with Gasteiger partial charge in [0.1, 0.15) is 23.4 Å². The van der Waals surface area contributed by atoms with Gasteiger partial charge >= 0.3 is 0 Å². The van der Waals surface area contributed by atoms with Gasteiger partial charge in [-0.3, -0.25) is 0 Å².